The Bertz CT molecular complexity index is 335. The smallest absolute Gasteiger partial charge is 0.159 e. The number of hydrogen-bond donors (Lipinski definition) is 0. The van der Waals surface area contributed by atoms with Crippen LogP contribution >= 0.6 is 11.6 Å². The van der Waals surface area contributed by atoms with Crippen molar-refractivity contribution in [2.45, 2.75) is 77.6 Å². The Morgan fingerprint density at radius 2 is 1.95 bits per heavy atom. The first-order valence-electron chi connectivity index (χ1n) is 8.50. The van der Waals surface area contributed by atoms with Gasteiger partial charge in [0.05, 0.1) is 0 Å². The second-order valence-electron chi connectivity index (χ2n) is 7.05. The average Bonchev–Trinajstić information content (AvgIpc) is 2.43. The highest BCUT2D eigenvalue weighted by molar-refractivity contribution is 6.26. The maximum absolute atomic E-state index is 11.8. The Labute approximate surface area is 129 Å². The molecule has 20 heavy (non-hydrogen) atoms. The summed E-state index contributed by atoms with van der Waals surface area (Å²) in [6, 6.07) is 0. The zero-order chi connectivity index (χ0) is 14.4. The zero-order valence-electron chi connectivity index (χ0n) is 12.9. The molecule has 1 nitrogen and oxygen atoms in total. The van der Waals surface area contributed by atoms with Gasteiger partial charge in [0, 0.05) is 11.5 Å². The van der Waals surface area contributed by atoms with E-state index in [4.69, 9.17) is 11.6 Å². The van der Waals surface area contributed by atoms with Crippen LogP contribution in [0.4, 0.5) is 0 Å². The molecule has 0 amide bonds. The predicted octanol–water partition coefficient (Wildman–Crippen LogP) is 5.87. The summed E-state index contributed by atoms with van der Waals surface area (Å²) in [6.45, 7) is 2.29. The molecule has 0 aromatic heterocycles. The number of carbonyl (C=O) groups is 1. The molecule has 114 valence electrons. The van der Waals surface area contributed by atoms with Gasteiger partial charge < -0.3 is 0 Å². The minimum Gasteiger partial charge on any atom is -0.295 e. The first kappa shape index (κ1) is 16.1. The number of rotatable bonds is 7. The fraction of sp³-hybridized carbons (Fsp3) is 0.833. The van der Waals surface area contributed by atoms with Crippen molar-refractivity contribution in [3.05, 3.63) is 11.6 Å². The van der Waals surface area contributed by atoms with Crippen molar-refractivity contribution in [3.8, 4) is 0 Å². The van der Waals surface area contributed by atoms with Gasteiger partial charge in [0.2, 0.25) is 0 Å². The van der Waals surface area contributed by atoms with E-state index in [-0.39, 0.29) is 11.7 Å². The Morgan fingerprint density at radius 1 is 1.25 bits per heavy atom. The number of allylic oxidation sites excluding steroid dienone is 1. The molecular formula is C18H29ClO. The third kappa shape index (κ3) is 4.10. The first-order valence-corrected chi connectivity index (χ1v) is 8.93. The Kier molecular flexibility index (Phi) is 6.14. The van der Waals surface area contributed by atoms with Crippen molar-refractivity contribution < 1.29 is 4.79 Å². The lowest BCUT2D eigenvalue weighted by Crippen LogP contribution is -2.40. The number of ketones is 1. The molecule has 2 heteroatoms. The Morgan fingerprint density at radius 3 is 2.55 bits per heavy atom. The number of hydrogen-bond acceptors (Lipinski definition) is 1. The highest BCUT2D eigenvalue weighted by atomic mass is 35.5. The van der Waals surface area contributed by atoms with E-state index in [0.717, 1.165) is 18.8 Å². The summed E-state index contributed by atoms with van der Waals surface area (Å²) in [5.74, 6) is 1.48. The highest BCUT2D eigenvalue weighted by Crippen LogP contribution is 2.52. The maximum Gasteiger partial charge on any atom is 0.159 e. The van der Waals surface area contributed by atoms with E-state index >= 15 is 0 Å². The summed E-state index contributed by atoms with van der Waals surface area (Å²) in [5, 5.41) is 0. The summed E-state index contributed by atoms with van der Waals surface area (Å²) in [4.78, 5) is 11.8. The van der Waals surface area contributed by atoms with Gasteiger partial charge in [-0.15, -0.1) is 0 Å². The van der Waals surface area contributed by atoms with Gasteiger partial charge in [-0.1, -0.05) is 69.9 Å². The van der Waals surface area contributed by atoms with E-state index in [0.29, 0.717) is 5.41 Å². The molecule has 2 aliphatic carbocycles. The summed E-state index contributed by atoms with van der Waals surface area (Å²) >= 11 is 5.49. The normalized spacial score (nSPS) is 31.4. The van der Waals surface area contributed by atoms with E-state index < -0.39 is 0 Å². The van der Waals surface area contributed by atoms with Crippen LogP contribution in [0.5, 0.6) is 0 Å². The van der Waals surface area contributed by atoms with E-state index in [1.54, 1.807) is 0 Å². The van der Waals surface area contributed by atoms with Crippen molar-refractivity contribution in [3.63, 3.8) is 0 Å². The molecule has 0 unspecified atom stereocenters. The van der Waals surface area contributed by atoms with Crippen molar-refractivity contribution >= 4 is 17.4 Å². The molecule has 2 saturated carbocycles. The minimum atomic E-state index is 0.233. The summed E-state index contributed by atoms with van der Waals surface area (Å²) < 4.78 is 0. The first-order chi connectivity index (χ1) is 9.69. The summed E-state index contributed by atoms with van der Waals surface area (Å²) in [5.41, 5.74) is 1.83. The molecule has 0 bridgehead atoms. The van der Waals surface area contributed by atoms with Crippen LogP contribution in [0.2, 0.25) is 0 Å². The monoisotopic (exact) mass is 296 g/mol. The van der Waals surface area contributed by atoms with Crippen LogP contribution in [0.1, 0.15) is 77.6 Å². The van der Waals surface area contributed by atoms with E-state index in [1.807, 2.05) is 0 Å². The lowest BCUT2D eigenvalue weighted by atomic mass is 9.57. The third-order valence-electron chi connectivity index (χ3n) is 5.78. The molecule has 0 spiro atoms. The SMILES string of the molecule is CCC1(CCCC2CCCCC2)CC(C(=O)/C=C/Cl)C1. The zero-order valence-corrected chi connectivity index (χ0v) is 13.6. The van der Waals surface area contributed by atoms with Gasteiger partial charge in [0.1, 0.15) is 0 Å². The van der Waals surface area contributed by atoms with Crippen LogP contribution < -0.4 is 0 Å². The largest absolute Gasteiger partial charge is 0.295 e. The lowest BCUT2D eigenvalue weighted by Gasteiger charge is -2.47. The van der Waals surface area contributed by atoms with Crippen LogP contribution in [0.15, 0.2) is 11.6 Å². The standard InChI is InChI=1S/C18H29ClO/c1-2-18(13-16(14-18)17(20)10-12-19)11-6-9-15-7-4-3-5-8-15/h10,12,15-16H,2-9,11,13-14H2,1H3/b12-10+. The van der Waals surface area contributed by atoms with Gasteiger partial charge in [-0.2, -0.15) is 0 Å². The molecule has 0 radical (unpaired) electrons. The van der Waals surface area contributed by atoms with Gasteiger partial charge in [0.15, 0.2) is 5.78 Å². The third-order valence-corrected chi connectivity index (χ3v) is 5.91. The molecule has 0 aliphatic heterocycles. The highest BCUT2D eigenvalue weighted by Gasteiger charge is 2.44. The Hall–Kier alpha value is -0.300. The summed E-state index contributed by atoms with van der Waals surface area (Å²) in [6.07, 6.45) is 16.3. The predicted molar refractivity (Wildman–Crippen MR) is 85.9 cm³/mol. The molecule has 2 fully saturated rings. The Balaban J connectivity index is 1.69. The van der Waals surface area contributed by atoms with Crippen LogP contribution in [-0.4, -0.2) is 5.78 Å². The van der Waals surface area contributed by atoms with Gasteiger partial charge >= 0.3 is 0 Å². The maximum atomic E-state index is 11.8. The van der Waals surface area contributed by atoms with Crippen molar-refractivity contribution in [2.24, 2.45) is 17.3 Å². The van der Waals surface area contributed by atoms with Gasteiger partial charge in [-0.25, -0.2) is 0 Å². The molecule has 2 rings (SSSR count). The van der Waals surface area contributed by atoms with Crippen molar-refractivity contribution in [1.82, 2.24) is 0 Å². The van der Waals surface area contributed by atoms with Crippen molar-refractivity contribution in [1.29, 1.82) is 0 Å². The molecule has 0 aromatic rings. The number of carbonyl (C=O) groups excluding carboxylic acids is 1. The fourth-order valence-corrected chi connectivity index (χ4v) is 4.42. The van der Waals surface area contributed by atoms with Gasteiger partial charge in [-0.3, -0.25) is 4.79 Å². The van der Waals surface area contributed by atoms with Gasteiger partial charge in [-0.05, 0) is 36.7 Å². The average molecular weight is 297 g/mol. The molecule has 2 aliphatic rings. The van der Waals surface area contributed by atoms with E-state index in [2.05, 4.69) is 6.92 Å². The van der Waals surface area contributed by atoms with E-state index in [9.17, 15) is 4.79 Å². The molecular weight excluding hydrogens is 268 g/mol. The number of halogens is 1. The second-order valence-corrected chi connectivity index (χ2v) is 7.30. The van der Waals surface area contributed by atoms with Crippen molar-refractivity contribution in [2.75, 3.05) is 0 Å². The fourth-order valence-electron chi connectivity index (χ4n) is 4.30. The molecule has 0 aromatic carbocycles. The lowest BCUT2D eigenvalue weighted by molar-refractivity contribution is -0.126. The molecule has 0 N–H and O–H groups in total. The van der Waals surface area contributed by atoms with E-state index in [1.165, 1.54) is 69.4 Å². The molecule has 0 atom stereocenters. The summed E-state index contributed by atoms with van der Waals surface area (Å²) in [7, 11) is 0. The minimum absolute atomic E-state index is 0.233. The molecule has 0 saturated heterocycles. The van der Waals surface area contributed by atoms with Crippen LogP contribution in [0.25, 0.3) is 0 Å². The molecule has 0 heterocycles. The quantitative estimate of drug-likeness (QED) is 0.537. The topological polar surface area (TPSA) is 17.1 Å². The van der Waals surface area contributed by atoms with Gasteiger partial charge in [0.25, 0.3) is 0 Å². The van der Waals surface area contributed by atoms with Crippen LogP contribution in [-0.2, 0) is 4.79 Å². The van der Waals surface area contributed by atoms with Crippen LogP contribution in [0.3, 0.4) is 0 Å². The van der Waals surface area contributed by atoms with Crippen LogP contribution in [0, 0.1) is 17.3 Å². The second kappa shape index (κ2) is 7.64.